The summed E-state index contributed by atoms with van der Waals surface area (Å²) in [5.41, 5.74) is 5.63. The maximum absolute atomic E-state index is 9.31. The van der Waals surface area contributed by atoms with E-state index in [1.165, 1.54) is 0 Å². The SMILES string of the molecule is CC1O[C@@H](C)CC(N)C1O. The van der Waals surface area contributed by atoms with Gasteiger partial charge in [-0.3, -0.25) is 0 Å². The molecule has 60 valence electrons. The molecule has 1 aliphatic heterocycles. The number of aliphatic hydroxyl groups excluding tert-OH is 1. The van der Waals surface area contributed by atoms with Gasteiger partial charge >= 0.3 is 0 Å². The van der Waals surface area contributed by atoms with Crippen molar-refractivity contribution in [2.24, 2.45) is 5.73 Å². The molecule has 0 aromatic carbocycles. The minimum absolute atomic E-state index is 0.112. The molecular formula is C7H15NO2. The average Bonchev–Trinajstić information content (AvgIpc) is 1.82. The van der Waals surface area contributed by atoms with Crippen molar-refractivity contribution in [2.75, 3.05) is 0 Å². The van der Waals surface area contributed by atoms with Crippen LogP contribution in [0.3, 0.4) is 0 Å². The summed E-state index contributed by atoms with van der Waals surface area (Å²) in [5, 5.41) is 9.31. The van der Waals surface area contributed by atoms with E-state index in [2.05, 4.69) is 0 Å². The Labute approximate surface area is 61.2 Å². The van der Waals surface area contributed by atoms with Crippen molar-refractivity contribution in [3.63, 3.8) is 0 Å². The van der Waals surface area contributed by atoms with Gasteiger partial charge in [0.1, 0.15) is 0 Å². The predicted molar refractivity (Wildman–Crippen MR) is 38.6 cm³/mol. The van der Waals surface area contributed by atoms with E-state index in [9.17, 15) is 5.11 Å². The Balaban J connectivity index is 2.49. The monoisotopic (exact) mass is 145 g/mol. The van der Waals surface area contributed by atoms with E-state index in [1.54, 1.807) is 0 Å². The van der Waals surface area contributed by atoms with Crippen molar-refractivity contribution < 1.29 is 9.84 Å². The topological polar surface area (TPSA) is 55.5 Å². The van der Waals surface area contributed by atoms with Gasteiger partial charge in [0.15, 0.2) is 0 Å². The first-order valence-corrected chi connectivity index (χ1v) is 3.70. The lowest BCUT2D eigenvalue weighted by atomic mass is 9.98. The molecule has 0 radical (unpaired) electrons. The van der Waals surface area contributed by atoms with E-state index in [-0.39, 0.29) is 18.2 Å². The van der Waals surface area contributed by atoms with Crippen LogP contribution in [0.1, 0.15) is 20.3 Å². The normalized spacial score (nSPS) is 49.2. The lowest BCUT2D eigenvalue weighted by Crippen LogP contribution is -2.50. The summed E-state index contributed by atoms with van der Waals surface area (Å²) < 4.78 is 5.34. The number of hydrogen-bond donors (Lipinski definition) is 2. The van der Waals surface area contributed by atoms with Crippen molar-refractivity contribution in [3.05, 3.63) is 0 Å². The quantitative estimate of drug-likeness (QED) is 0.499. The van der Waals surface area contributed by atoms with Crippen molar-refractivity contribution in [3.8, 4) is 0 Å². The zero-order valence-corrected chi connectivity index (χ0v) is 6.45. The first-order chi connectivity index (χ1) is 4.61. The van der Waals surface area contributed by atoms with Gasteiger partial charge < -0.3 is 15.6 Å². The highest BCUT2D eigenvalue weighted by molar-refractivity contribution is 4.84. The van der Waals surface area contributed by atoms with Gasteiger partial charge in [-0.25, -0.2) is 0 Å². The molecule has 0 aromatic heterocycles. The fraction of sp³-hybridized carbons (Fsp3) is 1.00. The number of nitrogens with two attached hydrogens (primary N) is 1. The molecule has 1 rings (SSSR count). The van der Waals surface area contributed by atoms with Crippen LogP contribution >= 0.6 is 0 Å². The highest BCUT2D eigenvalue weighted by Crippen LogP contribution is 2.17. The molecule has 0 saturated carbocycles. The van der Waals surface area contributed by atoms with E-state index in [0.717, 1.165) is 6.42 Å². The van der Waals surface area contributed by atoms with Crippen LogP contribution in [0, 0.1) is 0 Å². The maximum atomic E-state index is 9.31. The standard InChI is InChI=1S/C7H15NO2/c1-4-3-6(8)7(9)5(2)10-4/h4-7,9H,3,8H2,1-2H3/t4-,5?,6?,7?/m0/s1. The van der Waals surface area contributed by atoms with Crippen LogP contribution in [-0.4, -0.2) is 29.5 Å². The Morgan fingerprint density at radius 2 is 2.10 bits per heavy atom. The Morgan fingerprint density at radius 1 is 1.50 bits per heavy atom. The molecule has 0 amide bonds. The van der Waals surface area contributed by atoms with Crippen molar-refractivity contribution in [2.45, 2.75) is 44.6 Å². The summed E-state index contributed by atoms with van der Waals surface area (Å²) in [7, 11) is 0. The van der Waals surface area contributed by atoms with Crippen LogP contribution in [0.5, 0.6) is 0 Å². The summed E-state index contributed by atoms with van der Waals surface area (Å²) in [6, 6.07) is -0.112. The molecule has 3 nitrogen and oxygen atoms in total. The molecule has 1 saturated heterocycles. The van der Waals surface area contributed by atoms with Crippen LogP contribution in [-0.2, 0) is 4.74 Å². The minimum Gasteiger partial charge on any atom is -0.389 e. The van der Waals surface area contributed by atoms with Gasteiger partial charge in [-0.15, -0.1) is 0 Å². The minimum atomic E-state index is -0.490. The van der Waals surface area contributed by atoms with Gasteiger partial charge in [0.25, 0.3) is 0 Å². The van der Waals surface area contributed by atoms with Gasteiger partial charge in [-0.1, -0.05) is 0 Å². The Kier molecular flexibility index (Phi) is 2.28. The first kappa shape index (κ1) is 7.98. The number of rotatable bonds is 0. The van der Waals surface area contributed by atoms with Gasteiger partial charge in [-0.05, 0) is 20.3 Å². The molecule has 0 aromatic rings. The molecule has 0 spiro atoms. The van der Waals surface area contributed by atoms with Crippen LogP contribution in [0.4, 0.5) is 0 Å². The van der Waals surface area contributed by atoms with Crippen LogP contribution in [0.15, 0.2) is 0 Å². The van der Waals surface area contributed by atoms with Crippen molar-refractivity contribution in [1.29, 1.82) is 0 Å². The zero-order chi connectivity index (χ0) is 7.72. The fourth-order valence-electron chi connectivity index (χ4n) is 1.37. The Morgan fingerprint density at radius 3 is 2.60 bits per heavy atom. The summed E-state index contributed by atoms with van der Waals surface area (Å²) in [6.45, 7) is 3.82. The van der Waals surface area contributed by atoms with E-state index >= 15 is 0 Å². The number of hydrogen-bond acceptors (Lipinski definition) is 3. The van der Waals surface area contributed by atoms with Crippen molar-refractivity contribution >= 4 is 0 Å². The fourth-order valence-corrected chi connectivity index (χ4v) is 1.37. The third-order valence-corrected chi connectivity index (χ3v) is 1.97. The molecule has 1 fully saturated rings. The second-order valence-electron chi connectivity index (χ2n) is 3.04. The van der Waals surface area contributed by atoms with E-state index in [0.29, 0.717) is 0 Å². The average molecular weight is 145 g/mol. The smallest absolute Gasteiger partial charge is 0.0950 e. The molecule has 3 unspecified atom stereocenters. The second-order valence-corrected chi connectivity index (χ2v) is 3.04. The molecule has 3 N–H and O–H groups in total. The maximum Gasteiger partial charge on any atom is 0.0950 e. The third-order valence-electron chi connectivity index (χ3n) is 1.97. The van der Waals surface area contributed by atoms with E-state index < -0.39 is 6.10 Å². The molecule has 3 heteroatoms. The zero-order valence-electron chi connectivity index (χ0n) is 6.45. The highest BCUT2D eigenvalue weighted by Gasteiger charge is 2.30. The van der Waals surface area contributed by atoms with Gasteiger partial charge in [0, 0.05) is 6.04 Å². The second kappa shape index (κ2) is 2.86. The molecule has 10 heavy (non-hydrogen) atoms. The molecular weight excluding hydrogens is 130 g/mol. The Bertz CT molecular complexity index is 106. The molecule has 4 atom stereocenters. The molecule has 1 aliphatic rings. The van der Waals surface area contributed by atoms with E-state index in [1.807, 2.05) is 13.8 Å². The van der Waals surface area contributed by atoms with Gasteiger partial charge in [0.2, 0.25) is 0 Å². The Hall–Kier alpha value is -0.120. The molecule has 0 bridgehead atoms. The summed E-state index contributed by atoms with van der Waals surface area (Å²) in [5.74, 6) is 0. The highest BCUT2D eigenvalue weighted by atomic mass is 16.5. The van der Waals surface area contributed by atoms with Crippen LogP contribution in [0.2, 0.25) is 0 Å². The summed E-state index contributed by atoms with van der Waals surface area (Å²) in [4.78, 5) is 0. The summed E-state index contributed by atoms with van der Waals surface area (Å²) >= 11 is 0. The lowest BCUT2D eigenvalue weighted by molar-refractivity contribution is -0.110. The van der Waals surface area contributed by atoms with Gasteiger partial charge in [0.05, 0.1) is 18.3 Å². The third kappa shape index (κ3) is 1.48. The predicted octanol–water partition coefficient (Wildman–Crippen LogP) is -0.128. The number of ether oxygens (including phenoxy) is 1. The molecule has 0 aliphatic carbocycles. The molecule has 1 heterocycles. The first-order valence-electron chi connectivity index (χ1n) is 3.70. The largest absolute Gasteiger partial charge is 0.389 e. The van der Waals surface area contributed by atoms with Crippen LogP contribution < -0.4 is 5.73 Å². The van der Waals surface area contributed by atoms with Crippen LogP contribution in [0.25, 0.3) is 0 Å². The van der Waals surface area contributed by atoms with E-state index in [4.69, 9.17) is 10.5 Å². The lowest BCUT2D eigenvalue weighted by Gasteiger charge is -2.34. The number of aliphatic hydroxyl groups is 1. The van der Waals surface area contributed by atoms with Crippen molar-refractivity contribution in [1.82, 2.24) is 0 Å². The van der Waals surface area contributed by atoms with Gasteiger partial charge in [-0.2, -0.15) is 0 Å². The summed E-state index contributed by atoms with van der Waals surface area (Å²) in [6.07, 6.45) is 0.342.